The van der Waals surface area contributed by atoms with Crippen molar-refractivity contribution in [3.8, 4) is 28.4 Å². The predicted molar refractivity (Wildman–Crippen MR) is 181 cm³/mol. The van der Waals surface area contributed by atoms with Gasteiger partial charge in [0.2, 0.25) is 17.7 Å². The van der Waals surface area contributed by atoms with Crippen LogP contribution < -0.4 is 26.5 Å². The number of nitrogens with one attached hydrogen (secondary N) is 2. The number of rotatable bonds is 11. The normalized spacial score (nSPS) is 12.7. The lowest BCUT2D eigenvalue weighted by molar-refractivity contribution is -0.122. The van der Waals surface area contributed by atoms with Gasteiger partial charge >= 0.3 is 6.61 Å². The fourth-order valence-electron chi connectivity index (χ4n) is 4.33. The van der Waals surface area contributed by atoms with E-state index in [1.807, 2.05) is 32.9 Å². The number of hydrogen-bond donors (Lipinski definition) is 2. The highest BCUT2D eigenvalue weighted by Gasteiger charge is 2.24. The summed E-state index contributed by atoms with van der Waals surface area (Å²) in [5.41, 5.74) is 6.18. The van der Waals surface area contributed by atoms with Crippen LogP contribution in [0, 0.1) is 0 Å². The largest absolute Gasteiger partial charge is 0.417 e. The number of halogens is 2. The van der Waals surface area contributed by atoms with Crippen LogP contribution in [0.15, 0.2) is 88.0 Å². The number of likely N-dealkylation sites (N-methyl/N-ethyl adjacent to an activating group) is 1. The predicted octanol–water partition coefficient (Wildman–Crippen LogP) is 4.30. The third-order valence-corrected chi connectivity index (χ3v) is 6.89. The Bertz CT molecular complexity index is 1940. The second-order valence-electron chi connectivity index (χ2n) is 10.5. The molecule has 260 valence electrons. The maximum Gasteiger partial charge on any atom is 0.388 e. The number of nitrogens with zero attached hydrogens (tertiary/aromatic N) is 6. The molecule has 2 aliphatic carbocycles. The Morgan fingerprint density at radius 3 is 1.92 bits per heavy atom. The molecule has 0 unspecified atom stereocenters. The van der Waals surface area contributed by atoms with E-state index in [1.165, 1.54) is 54.1 Å². The SMILES string of the molecule is CC.CCNC(=O)Cn1nc(-c2ccc(C3CC3)nc2)ccc1=O.O=C(Cn1nc(-c2ccc(OC(F)F)nc2)ccc1=O)NC1=C=CC1.[HH].[HH]. The molecular weight excluding hydrogens is 638 g/mol. The second-order valence-corrected chi connectivity index (χ2v) is 10.5. The maximum absolute atomic E-state index is 12.1. The van der Waals surface area contributed by atoms with E-state index >= 15 is 0 Å². The lowest BCUT2D eigenvalue weighted by Crippen LogP contribution is -2.33. The summed E-state index contributed by atoms with van der Waals surface area (Å²) in [6, 6.07) is 12.5. The van der Waals surface area contributed by atoms with E-state index < -0.39 is 12.2 Å². The first kappa shape index (κ1) is 36.0. The van der Waals surface area contributed by atoms with Gasteiger partial charge in [0.1, 0.15) is 13.1 Å². The van der Waals surface area contributed by atoms with Crippen molar-refractivity contribution in [2.75, 3.05) is 6.54 Å². The third-order valence-electron chi connectivity index (χ3n) is 6.89. The fraction of sp³-hybridized carbons (Fsp3) is 0.324. The van der Waals surface area contributed by atoms with Crippen LogP contribution in [0.25, 0.3) is 22.5 Å². The fourth-order valence-corrected chi connectivity index (χ4v) is 4.33. The molecule has 1 saturated carbocycles. The van der Waals surface area contributed by atoms with Gasteiger partial charge in [-0.1, -0.05) is 13.8 Å². The molecule has 13 nitrogen and oxygen atoms in total. The van der Waals surface area contributed by atoms with Crippen LogP contribution in [0.1, 0.15) is 54.5 Å². The zero-order chi connectivity index (χ0) is 35.3. The molecule has 0 radical (unpaired) electrons. The van der Waals surface area contributed by atoms with E-state index in [9.17, 15) is 28.0 Å². The van der Waals surface area contributed by atoms with Crippen molar-refractivity contribution in [1.82, 2.24) is 40.2 Å². The summed E-state index contributed by atoms with van der Waals surface area (Å²) in [6.45, 7) is 3.07. The molecule has 0 atom stereocenters. The number of carbonyl (C=O) groups is 2. The van der Waals surface area contributed by atoms with Crippen molar-refractivity contribution in [2.45, 2.75) is 65.7 Å². The Morgan fingerprint density at radius 1 is 0.898 bits per heavy atom. The van der Waals surface area contributed by atoms with Crippen molar-refractivity contribution in [1.29, 1.82) is 0 Å². The van der Waals surface area contributed by atoms with Gasteiger partial charge < -0.3 is 15.4 Å². The van der Waals surface area contributed by atoms with Crippen LogP contribution in [0.3, 0.4) is 0 Å². The first-order valence-electron chi connectivity index (χ1n) is 15.7. The molecule has 4 heterocycles. The number of amides is 2. The average molecular weight is 679 g/mol. The van der Waals surface area contributed by atoms with E-state index in [0.29, 0.717) is 41.5 Å². The Labute approximate surface area is 283 Å². The van der Waals surface area contributed by atoms with Gasteiger partial charge in [-0.15, -0.1) is 5.73 Å². The monoisotopic (exact) mass is 678 g/mol. The zero-order valence-electron chi connectivity index (χ0n) is 27.2. The number of aromatic nitrogens is 6. The summed E-state index contributed by atoms with van der Waals surface area (Å²) in [4.78, 5) is 55.3. The number of hydrogen-bond acceptors (Lipinski definition) is 9. The summed E-state index contributed by atoms with van der Waals surface area (Å²) >= 11 is 0. The Kier molecular flexibility index (Phi) is 12.8. The molecule has 2 aliphatic rings. The van der Waals surface area contributed by atoms with Gasteiger partial charge in [-0.2, -0.15) is 19.0 Å². The molecule has 4 aromatic rings. The van der Waals surface area contributed by atoms with Crippen molar-refractivity contribution >= 4 is 11.8 Å². The summed E-state index contributed by atoms with van der Waals surface area (Å²) < 4.78 is 30.6. The highest BCUT2D eigenvalue weighted by molar-refractivity contribution is 5.78. The van der Waals surface area contributed by atoms with Crippen LogP contribution in [0.5, 0.6) is 5.88 Å². The van der Waals surface area contributed by atoms with Gasteiger partial charge in [0.25, 0.3) is 11.1 Å². The van der Waals surface area contributed by atoms with Crippen molar-refractivity contribution in [2.24, 2.45) is 0 Å². The highest BCUT2D eigenvalue weighted by Crippen LogP contribution is 2.39. The number of alkyl halides is 2. The number of pyridine rings is 2. The minimum Gasteiger partial charge on any atom is -0.417 e. The summed E-state index contributed by atoms with van der Waals surface area (Å²) in [5, 5.41) is 13.6. The Morgan fingerprint density at radius 2 is 1.47 bits per heavy atom. The summed E-state index contributed by atoms with van der Waals surface area (Å²) in [6.07, 6.45) is 7.89. The second kappa shape index (κ2) is 17.4. The Balaban J connectivity index is 0.000000327. The Hall–Kier alpha value is -5.82. The van der Waals surface area contributed by atoms with Gasteiger partial charge in [-0.05, 0) is 56.2 Å². The standard InChI is InChI=1S/C16H12F2N4O3.C16H18N4O2.C2H6.2H2/c17-16(18)25-14-6-4-10(8-19-14)12-5-7-15(24)22(21-12)9-13(23)20-11-2-1-3-11;1-2-17-15(21)10-20-16(22)8-7-14(19-20)12-5-6-13(18-9-12)11-3-4-11;1-2;;/h1,4-8,16H,2,9H2,(H,20,23);5-9,11H,2-4,10H2,1H3,(H,17,21);1-2H3;2*1H. The molecule has 0 bridgehead atoms. The lowest BCUT2D eigenvalue weighted by Gasteiger charge is -2.11. The van der Waals surface area contributed by atoms with E-state index in [2.05, 4.69) is 41.3 Å². The minimum atomic E-state index is -2.96. The van der Waals surface area contributed by atoms with Crippen LogP contribution in [-0.2, 0) is 22.7 Å². The van der Waals surface area contributed by atoms with Gasteiger partial charge in [0.15, 0.2) is 0 Å². The molecule has 15 heteroatoms. The molecule has 0 spiro atoms. The molecular formula is C34H40F2N8O5. The molecule has 0 aromatic carbocycles. The van der Waals surface area contributed by atoms with E-state index in [0.717, 1.165) is 15.9 Å². The van der Waals surface area contributed by atoms with Gasteiger partial charge in [0, 0.05) is 69.2 Å². The minimum absolute atomic E-state index is 0. The molecule has 0 saturated heterocycles. The molecule has 49 heavy (non-hydrogen) atoms. The summed E-state index contributed by atoms with van der Waals surface area (Å²) in [5.74, 6) is -0.236. The van der Waals surface area contributed by atoms with Crippen LogP contribution in [0.2, 0.25) is 0 Å². The van der Waals surface area contributed by atoms with Crippen LogP contribution in [-0.4, -0.2) is 54.5 Å². The topological polar surface area (TPSA) is 163 Å². The molecule has 0 aliphatic heterocycles. The smallest absolute Gasteiger partial charge is 0.388 e. The van der Waals surface area contributed by atoms with Crippen molar-refractivity contribution in [3.63, 3.8) is 0 Å². The quantitative estimate of drug-likeness (QED) is 0.220. The van der Waals surface area contributed by atoms with E-state index in [4.69, 9.17) is 0 Å². The molecule has 2 N–H and O–H groups in total. The van der Waals surface area contributed by atoms with Crippen LogP contribution >= 0.6 is 0 Å². The van der Waals surface area contributed by atoms with Crippen molar-refractivity contribution in [3.05, 3.63) is 105 Å². The molecule has 1 fully saturated rings. The molecule has 6 rings (SSSR count). The van der Waals surface area contributed by atoms with E-state index in [1.54, 1.807) is 18.3 Å². The van der Waals surface area contributed by atoms with Gasteiger partial charge in [-0.25, -0.2) is 14.3 Å². The van der Waals surface area contributed by atoms with E-state index in [-0.39, 0.29) is 39.2 Å². The zero-order valence-corrected chi connectivity index (χ0v) is 27.2. The first-order chi connectivity index (χ1) is 23.7. The summed E-state index contributed by atoms with van der Waals surface area (Å²) in [7, 11) is 0. The third kappa shape index (κ3) is 10.6. The number of carbonyl (C=O) groups excluding carboxylic acids is 2. The molecule has 2 amide bonds. The van der Waals surface area contributed by atoms with Crippen LogP contribution in [0.4, 0.5) is 8.78 Å². The van der Waals surface area contributed by atoms with Crippen molar-refractivity contribution < 1.29 is 26.0 Å². The lowest BCUT2D eigenvalue weighted by atomic mass is 10.1. The average Bonchev–Trinajstić information content (AvgIpc) is 3.93. The number of ether oxygens (including phenoxy) is 1. The first-order valence-corrected chi connectivity index (χ1v) is 15.7. The molecule has 4 aromatic heterocycles. The van der Waals surface area contributed by atoms with Gasteiger partial charge in [-0.3, -0.25) is 24.2 Å². The highest BCUT2D eigenvalue weighted by atomic mass is 19.3. The maximum atomic E-state index is 12.1. The van der Waals surface area contributed by atoms with Gasteiger partial charge in [0.05, 0.1) is 17.1 Å².